The zero-order valence-corrected chi connectivity index (χ0v) is 10.1. The van der Waals surface area contributed by atoms with E-state index in [1.807, 2.05) is 25.1 Å². The second-order valence-electron chi connectivity index (χ2n) is 4.15. The number of benzene rings is 1. The van der Waals surface area contributed by atoms with Gasteiger partial charge in [-0.15, -0.1) is 0 Å². The third-order valence-corrected chi connectivity index (χ3v) is 2.76. The van der Waals surface area contributed by atoms with Gasteiger partial charge in [-0.05, 0) is 18.6 Å². The summed E-state index contributed by atoms with van der Waals surface area (Å²) in [7, 11) is 0. The molecule has 0 aromatic heterocycles. The molecular formula is C13H19NO3. The number of aliphatic hydroxyl groups excluding tert-OH is 1. The molecule has 4 heteroatoms. The van der Waals surface area contributed by atoms with Crippen molar-refractivity contribution in [3.8, 4) is 11.5 Å². The molecule has 17 heavy (non-hydrogen) atoms. The molecule has 0 radical (unpaired) electrons. The molecule has 0 saturated heterocycles. The van der Waals surface area contributed by atoms with Crippen LogP contribution >= 0.6 is 0 Å². The Morgan fingerprint density at radius 1 is 1.29 bits per heavy atom. The smallest absolute Gasteiger partial charge is 0.163 e. The molecule has 2 rings (SSSR count). The lowest BCUT2D eigenvalue weighted by Crippen LogP contribution is -2.18. The Labute approximate surface area is 102 Å². The molecule has 1 aromatic rings. The van der Waals surface area contributed by atoms with Gasteiger partial charge in [0.15, 0.2) is 11.5 Å². The van der Waals surface area contributed by atoms with Crippen LogP contribution in [-0.2, 0) is 0 Å². The van der Waals surface area contributed by atoms with Gasteiger partial charge in [-0.2, -0.15) is 0 Å². The zero-order valence-electron chi connectivity index (χ0n) is 10.1. The summed E-state index contributed by atoms with van der Waals surface area (Å²) in [5.41, 5.74) is 0.946. The van der Waals surface area contributed by atoms with E-state index in [1.54, 1.807) is 0 Å². The number of anilines is 1. The molecule has 1 aromatic carbocycles. The van der Waals surface area contributed by atoms with E-state index in [-0.39, 0.29) is 6.10 Å². The molecule has 0 fully saturated rings. The number of hydrogen-bond acceptors (Lipinski definition) is 4. The largest absolute Gasteiger partial charge is 0.490 e. The van der Waals surface area contributed by atoms with Crippen LogP contribution in [0.15, 0.2) is 18.2 Å². The van der Waals surface area contributed by atoms with E-state index >= 15 is 0 Å². The number of aliphatic hydroxyl groups is 1. The fourth-order valence-electron chi connectivity index (χ4n) is 1.65. The van der Waals surface area contributed by atoms with Gasteiger partial charge in [-0.1, -0.05) is 6.92 Å². The molecule has 1 heterocycles. The van der Waals surface area contributed by atoms with Crippen LogP contribution in [0.4, 0.5) is 5.69 Å². The highest BCUT2D eigenvalue weighted by atomic mass is 16.5. The fourth-order valence-corrected chi connectivity index (χ4v) is 1.65. The van der Waals surface area contributed by atoms with Crippen LogP contribution in [0.5, 0.6) is 11.5 Å². The van der Waals surface area contributed by atoms with Crippen molar-refractivity contribution in [1.82, 2.24) is 0 Å². The lowest BCUT2D eigenvalue weighted by molar-refractivity contribution is 0.183. The average molecular weight is 237 g/mol. The molecule has 94 valence electrons. The molecule has 0 bridgehead atoms. The summed E-state index contributed by atoms with van der Waals surface area (Å²) in [5.74, 6) is 1.57. The molecule has 1 unspecified atom stereocenters. The van der Waals surface area contributed by atoms with Crippen molar-refractivity contribution >= 4 is 5.69 Å². The first-order valence-electron chi connectivity index (χ1n) is 6.11. The maximum Gasteiger partial charge on any atom is 0.163 e. The maximum atomic E-state index is 9.48. The van der Waals surface area contributed by atoms with Crippen LogP contribution in [0.3, 0.4) is 0 Å². The van der Waals surface area contributed by atoms with Crippen LogP contribution < -0.4 is 14.8 Å². The normalized spacial score (nSPS) is 16.1. The van der Waals surface area contributed by atoms with Gasteiger partial charge < -0.3 is 19.9 Å². The van der Waals surface area contributed by atoms with Gasteiger partial charge in [0.1, 0.15) is 0 Å². The molecule has 2 N–H and O–H groups in total. The second-order valence-corrected chi connectivity index (χ2v) is 4.15. The minimum absolute atomic E-state index is 0.314. The van der Waals surface area contributed by atoms with Gasteiger partial charge in [0, 0.05) is 24.7 Å². The fraction of sp³-hybridized carbons (Fsp3) is 0.538. The van der Waals surface area contributed by atoms with Crippen molar-refractivity contribution in [2.24, 2.45) is 0 Å². The van der Waals surface area contributed by atoms with Gasteiger partial charge >= 0.3 is 0 Å². The Morgan fingerprint density at radius 2 is 2.06 bits per heavy atom. The topological polar surface area (TPSA) is 50.7 Å². The summed E-state index contributed by atoms with van der Waals surface area (Å²) in [6.45, 7) is 3.90. The molecule has 1 aliphatic heterocycles. The van der Waals surface area contributed by atoms with E-state index in [9.17, 15) is 5.11 Å². The Morgan fingerprint density at radius 3 is 2.82 bits per heavy atom. The van der Waals surface area contributed by atoms with Gasteiger partial charge in [0.05, 0.1) is 19.3 Å². The molecule has 0 amide bonds. The Balaban J connectivity index is 2.02. The molecule has 1 atom stereocenters. The van der Waals surface area contributed by atoms with Gasteiger partial charge in [-0.25, -0.2) is 0 Å². The first-order chi connectivity index (χ1) is 8.29. The summed E-state index contributed by atoms with van der Waals surface area (Å²) in [6.07, 6.45) is 1.34. The Bertz CT molecular complexity index is 368. The molecule has 4 nitrogen and oxygen atoms in total. The third kappa shape index (κ3) is 3.27. The Hall–Kier alpha value is -1.42. The SMILES string of the molecule is CCC(O)CNc1ccc2c(c1)OCCCO2. The molecule has 0 aliphatic carbocycles. The van der Waals surface area contributed by atoms with E-state index < -0.39 is 0 Å². The minimum atomic E-state index is -0.314. The van der Waals surface area contributed by atoms with Crippen LogP contribution in [0, 0.1) is 0 Å². The number of nitrogens with one attached hydrogen (secondary N) is 1. The third-order valence-electron chi connectivity index (χ3n) is 2.76. The number of fused-ring (bicyclic) bond motifs is 1. The van der Waals surface area contributed by atoms with E-state index in [4.69, 9.17) is 9.47 Å². The lowest BCUT2D eigenvalue weighted by Gasteiger charge is -2.13. The Kier molecular flexibility index (Phi) is 4.09. The highest BCUT2D eigenvalue weighted by Gasteiger charge is 2.10. The van der Waals surface area contributed by atoms with Crippen molar-refractivity contribution in [2.75, 3.05) is 25.1 Å². The standard InChI is InChI=1S/C13H19NO3/c1-2-11(15)9-14-10-4-5-12-13(8-10)17-7-3-6-16-12/h4-5,8,11,14-15H,2-3,6-7,9H2,1H3. The first-order valence-corrected chi connectivity index (χ1v) is 6.11. The lowest BCUT2D eigenvalue weighted by atomic mass is 10.2. The van der Waals surface area contributed by atoms with Crippen LogP contribution in [-0.4, -0.2) is 31.0 Å². The summed E-state index contributed by atoms with van der Waals surface area (Å²) < 4.78 is 11.1. The quantitative estimate of drug-likeness (QED) is 0.841. The average Bonchev–Trinajstić information content (AvgIpc) is 2.60. The van der Waals surface area contributed by atoms with E-state index in [1.165, 1.54) is 0 Å². The van der Waals surface area contributed by atoms with Gasteiger partial charge in [0.25, 0.3) is 0 Å². The van der Waals surface area contributed by atoms with E-state index in [0.717, 1.165) is 30.0 Å². The number of ether oxygens (including phenoxy) is 2. The summed E-state index contributed by atoms with van der Waals surface area (Å²) in [6, 6.07) is 5.76. The zero-order chi connectivity index (χ0) is 12.1. The van der Waals surface area contributed by atoms with Gasteiger partial charge in [-0.3, -0.25) is 0 Å². The highest BCUT2D eigenvalue weighted by molar-refractivity contribution is 5.55. The second kappa shape index (κ2) is 5.77. The molecule has 0 spiro atoms. The summed E-state index contributed by atoms with van der Waals surface area (Å²) >= 11 is 0. The van der Waals surface area contributed by atoms with Gasteiger partial charge in [0.2, 0.25) is 0 Å². The minimum Gasteiger partial charge on any atom is -0.490 e. The summed E-state index contributed by atoms with van der Waals surface area (Å²) in [4.78, 5) is 0. The van der Waals surface area contributed by atoms with Crippen molar-refractivity contribution in [3.63, 3.8) is 0 Å². The number of rotatable bonds is 4. The van der Waals surface area contributed by atoms with Crippen LogP contribution in [0.2, 0.25) is 0 Å². The molecular weight excluding hydrogens is 218 g/mol. The van der Waals surface area contributed by atoms with E-state index in [2.05, 4.69) is 5.32 Å². The van der Waals surface area contributed by atoms with Crippen molar-refractivity contribution in [3.05, 3.63) is 18.2 Å². The van der Waals surface area contributed by atoms with Crippen LogP contribution in [0.25, 0.3) is 0 Å². The molecule has 1 aliphatic rings. The number of hydrogen-bond donors (Lipinski definition) is 2. The summed E-state index contributed by atoms with van der Waals surface area (Å²) in [5, 5.41) is 12.7. The van der Waals surface area contributed by atoms with E-state index in [0.29, 0.717) is 19.8 Å². The predicted molar refractivity (Wildman–Crippen MR) is 66.8 cm³/mol. The molecule has 0 saturated carbocycles. The highest BCUT2D eigenvalue weighted by Crippen LogP contribution is 2.32. The van der Waals surface area contributed by atoms with Crippen LogP contribution in [0.1, 0.15) is 19.8 Å². The van der Waals surface area contributed by atoms with Crippen molar-refractivity contribution in [2.45, 2.75) is 25.9 Å². The monoisotopic (exact) mass is 237 g/mol. The van der Waals surface area contributed by atoms with Crippen molar-refractivity contribution in [1.29, 1.82) is 0 Å². The first kappa shape index (κ1) is 12.0. The maximum absolute atomic E-state index is 9.48. The predicted octanol–water partition coefficient (Wildman–Crippen LogP) is 2.03. The van der Waals surface area contributed by atoms with Crippen molar-refractivity contribution < 1.29 is 14.6 Å².